The minimum atomic E-state index is -0.514. The quantitative estimate of drug-likeness (QED) is 0.508. The van der Waals surface area contributed by atoms with Gasteiger partial charge in [-0.1, -0.05) is 18.2 Å². The Kier molecular flexibility index (Phi) is 3.55. The van der Waals surface area contributed by atoms with Crippen LogP contribution in [0, 0.1) is 5.82 Å². The summed E-state index contributed by atoms with van der Waals surface area (Å²) in [4.78, 5) is 32.1. The summed E-state index contributed by atoms with van der Waals surface area (Å²) >= 11 is 0. The van der Waals surface area contributed by atoms with Crippen molar-refractivity contribution in [2.24, 2.45) is 7.05 Å². The molecule has 0 saturated carbocycles. The largest absolute Gasteiger partial charge is 0.332 e. The average Bonchev–Trinajstić information content (AvgIpc) is 3.05. The van der Waals surface area contributed by atoms with Gasteiger partial charge in [0.25, 0.3) is 11.5 Å². The van der Waals surface area contributed by atoms with Crippen molar-refractivity contribution in [3.05, 3.63) is 75.7 Å². The SMILES string of the molecule is Cn1nc(C(=O)N2CCc3nc4ccc(F)cn4c(=O)c3C2)c2ccccc21. The van der Waals surface area contributed by atoms with Crippen molar-refractivity contribution in [1.82, 2.24) is 24.1 Å². The molecule has 0 N–H and O–H groups in total. The first-order chi connectivity index (χ1) is 13.5. The predicted octanol–water partition coefficient (Wildman–Crippen LogP) is 1.92. The van der Waals surface area contributed by atoms with E-state index in [1.54, 1.807) is 16.6 Å². The van der Waals surface area contributed by atoms with Crippen molar-refractivity contribution in [1.29, 1.82) is 0 Å². The van der Waals surface area contributed by atoms with Crippen LogP contribution >= 0.6 is 0 Å². The number of fused-ring (bicyclic) bond motifs is 3. The lowest BCUT2D eigenvalue weighted by atomic mass is 10.1. The zero-order chi connectivity index (χ0) is 19.4. The summed E-state index contributed by atoms with van der Waals surface area (Å²) in [6.45, 7) is 0.574. The van der Waals surface area contributed by atoms with Gasteiger partial charge in [-0.2, -0.15) is 5.10 Å². The van der Waals surface area contributed by atoms with Gasteiger partial charge in [0.05, 0.1) is 23.3 Å². The van der Waals surface area contributed by atoms with E-state index >= 15 is 0 Å². The van der Waals surface area contributed by atoms with Crippen molar-refractivity contribution in [2.45, 2.75) is 13.0 Å². The van der Waals surface area contributed by atoms with Crippen molar-refractivity contribution < 1.29 is 9.18 Å². The Morgan fingerprint density at radius 3 is 2.86 bits per heavy atom. The van der Waals surface area contributed by atoms with Gasteiger partial charge >= 0.3 is 0 Å². The molecule has 4 heterocycles. The van der Waals surface area contributed by atoms with Crippen LogP contribution in [0.5, 0.6) is 0 Å². The Hall–Kier alpha value is -3.55. The normalized spacial score (nSPS) is 13.9. The molecular weight excluding hydrogens is 361 g/mol. The van der Waals surface area contributed by atoms with Crippen LogP contribution in [-0.2, 0) is 20.0 Å². The van der Waals surface area contributed by atoms with E-state index in [4.69, 9.17) is 0 Å². The highest BCUT2D eigenvalue weighted by Crippen LogP contribution is 2.22. The number of halogens is 1. The molecule has 0 aliphatic carbocycles. The molecule has 140 valence electrons. The van der Waals surface area contributed by atoms with Gasteiger partial charge in [-0.3, -0.25) is 18.7 Å². The predicted molar refractivity (Wildman–Crippen MR) is 101 cm³/mol. The monoisotopic (exact) mass is 377 g/mol. The van der Waals surface area contributed by atoms with Gasteiger partial charge in [-0.25, -0.2) is 9.37 Å². The standard InChI is InChI=1S/C20H16FN5O2/c1-24-16-5-3-2-4-13(16)18(23-24)20(28)25-9-8-15-14(11-25)19(27)26-10-12(21)6-7-17(26)22-15/h2-7,10H,8-9,11H2,1H3. The number of para-hydroxylation sites is 1. The third kappa shape index (κ3) is 2.41. The van der Waals surface area contributed by atoms with Gasteiger partial charge in [0.15, 0.2) is 5.69 Å². The highest BCUT2D eigenvalue weighted by molar-refractivity contribution is 6.04. The Morgan fingerprint density at radius 1 is 1.18 bits per heavy atom. The Bertz CT molecular complexity index is 1320. The van der Waals surface area contributed by atoms with Crippen molar-refractivity contribution >= 4 is 22.5 Å². The summed E-state index contributed by atoms with van der Waals surface area (Å²) in [6.07, 6.45) is 1.59. The Labute approximate surface area is 158 Å². The van der Waals surface area contributed by atoms with Crippen LogP contribution in [0.3, 0.4) is 0 Å². The number of aryl methyl sites for hydroxylation is 1. The molecule has 0 spiro atoms. The van der Waals surface area contributed by atoms with Gasteiger partial charge in [0.2, 0.25) is 0 Å². The van der Waals surface area contributed by atoms with Crippen LogP contribution in [0.25, 0.3) is 16.6 Å². The average molecular weight is 377 g/mol. The van der Waals surface area contributed by atoms with Crippen LogP contribution in [0.1, 0.15) is 21.7 Å². The molecule has 0 radical (unpaired) electrons. The van der Waals surface area contributed by atoms with E-state index in [2.05, 4.69) is 10.1 Å². The molecule has 1 aliphatic heterocycles. The summed E-state index contributed by atoms with van der Waals surface area (Å²) in [5.41, 5.74) is 2.37. The van der Waals surface area contributed by atoms with E-state index in [0.29, 0.717) is 35.6 Å². The molecule has 1 amide bonds. The second kappa shape index (κ2) is 5.98. The van der Waals surface area contributed by atoms with Crippen molar-refractivity contribution in [3.63, 3.8) is 0 Å². The number of hydrogen-bond donors (Lipinski definition) is 0. The third-order valence-electron chi connectivity index (χ3n) is 5.18. The first-order valence-electron chi connectivity index (χ1n) is 8.93. The number of rotatable bonds is 1. The number of carbonyl (C=O) groups is 1. The number of nitrogens with zero attached hydrogens (tertiary/aromatic N) is 5. The number of aromatic nitrogens is 4. The van der Waals surface area contributed by atoms with Crippen molar-refractivity contribution in [2.75, 3.05) is 6.54 Å². The van der Waals surface area contributed by atoms with Crippen LogP contribution in [0.15, 0.2) is 47.4 Å². The second-order valence-corrected chi connectivity index (χ2v) is 6.88. The topological polar surface area (TPSA) is 72.5 Å². The molecule has 1 aromatic carbocycles. The zero-order valence-corrected chi connectivity index (χ0v) is 15.1. The maximum atomic E-state index is 13.6. The third-order valence-corrected chi connectivity index (χ3v) is 5.18. The van der Waals surface area contributed by atoms with Crippen LogP contribution in [0.2, 0.25) is 0 Å². The Balaban J connectivity index is 1.56. The van der Waals surface area contributed by atoms with Gasteiger partial charge < -0.3 is 4.90 Å². The lowest BCUT2D eigenvalue weighted by Crippen LogP contribution is -2.40. The summed E-state index contributed by atoms with van der Waals surface area (Å²) in [5, 5.41) is 5.16. The van der Waals surface area contributed by atoms with E-state index in [1.165, 1.54) is 16.5 Å². The molecule has 28 heavy (non-hydrogen) atoms. The summed E-state index contributed by atoms with van der Waals surface area (Å²) in [7, 11) is 1.79. The minimum Gasteiger partial charge on any atom is -0.332 e. The van der Waals surface area contributed by atoms with Gasteiger partial charge in [0.1, 0.15) is 11.5 Å². The molecule has 4 aromatic rings. The number of carbonyl (C=O) groups excluding carboxylic acids is 1. The highest BCUT2D eigenvalue weighted by Gasteiger charge is 2.28. The molecule has 0 saturated heterocycles. The first-order valence-corrected chi connectivity index (χ1v) is 8.93. The fraction of sp³-hybridized carbons (Fsp3) is 0.200. The number of benzene rings is 1. The van der Waals surface area contributed by atoms with Gasteiger partial charge in [-0.15, -0.1) is 0 Å². The van der Waals surface area contributed by atoms with Gasteiger partial charge in [0, 0.05) is 31.6 Å². The summed E-state index contributed by atoms with van der Waals surface area (Å²) < 4.78 is 16.4. The minimum absolute atomic E-state index is 0.129. The molecule has 8 heteroatoms. The number of pyridine rings is 1. The molecule has 0 atom stereocenters. The smallest absolute Gasteiger partial charge is 0.275 e. The maximum Gasteiger partial charge on any atom is 0.275 e. The molecule has 0 fully saturated rings. The molecule has 0 bridgehead atoms. The summed E-state index contributed by atoms with van der Waals surface area (Å²) in [6, 6.07) is 10.3. The zero-order valence-electron chi connectivity index (χ0n) is 15.1. The van der Waals surface area contributed by atoms with Crippen LogP contribution in [0.4, 0.5) is 4.39 Å². The molecule has 1 aliphatic rings. The number of hydrogen-bond acceptors (Lipinski definition) is 4. The fourth-order valence-electron chi connectivity index (χ4n) is 3.77. The molecule has 5 rings (SSSR count). The molecule has 7 nitrogen and oxygen atoms in total. The lowest BCUT2D eigenvalue weighted by Gasteiger charge is -2.27. The maximum absolute atomic E-state index is 13.6. The fourth-order valence-corrected chi connectivity index (χ4v) is 3.77. The highest BCUT2D eigenvalue weighted by atomic mass is 19.1. The molecular formula is C20H16FN5O2. The van der Waals surface area contributed by atoms with E-state index in [1.807, 2.05) is 24.3 Å². The van der Waals surface area contributed by atoms with Crippen molar-refractivity contribution in [3.8, 4) is 0 Å². The second-order valence-electron chi connectivity index (χ2n) is 6.88. The molecule has 3 aromatic heterocycles. The van der Waals surface area contributed by atoms with E-state index < -0.39 is 5.82 Å². The Morgan fingerprint density at radius 2 is 2.00 bits per heavy atom. The van der Waals surface area contributed by atoms with E-state index in [0.717, 1.165) is 17.1 Å². The van der Waals surface area contributed by atoms with E-state index in [9.17, 15) is 14.0 Å². The summed E-state index contributed by atoms with van der Waals surface area (Å²) in [5.74, 6) is -0.744. The first kappa shape index (κ1) is 16.6. The van der Waals surface area contributed by atoms with Crippen LogP contribution < -0.4 is 5.56 Å². The van der Waals surface area contributed by atoms with Crippen LogP contribution in [-0.4, -0.2) is 36.5 Å². The lowest BCUT2D eigenvalue weighted by molar-refractivity contribution is 0.0727. The van der Waals surface area contributed by atoms with Gasteiger partial charge in [-0.05, 0) is 18.2 Å². The number of amides is 1. The molecule has 0 unspecified atom stereocenters. The van der Waals surface area contributed by atoms with E-state index in [-0.39, 0.29) is 18.0 Å².